The lowest BCUT2D eigenvalue weighted by molar-refractivity contribution is 0.810. The summed E-state index contributed by atoms with van der Waals surface area (Å²) >= 11 is 0. The van der Waals surface area contributed by atoms with Gasteiger partial charge in [0.25, 0.3) is 0 Å². The number of allylic oxidation sites excluding steroid dienone is 3. The van der Waals surface area contributed by atoms with E-state index in [9.17, 15) is 0 Å². The van der Waals surface area contributed by atoms with E-state index in [4.69, 9.17) is 10.7 Å². The van der Waals surface area contributed by atoms with Crippen LogP contribution in [0.3, 0.4) is 0 Å². The smallest absolute Gasteiger partial charge is 0.0753 e. The van der Waals surface area contributed by atoms with Crippen LogP contribution in [0.4, 0.5) is 0 Å². The van der Waals surface area contributed by atoms with Crippen LogP contribution in [-0.4, -0.2) is 4.98 Å². The van der Waals surface area contributed by atoms with E-state index in [-0.39, 0.29) is 6.04 Å². The molecule has 0 aliphatic rings. The van der Waals surface area contributed by atoms with Crippen LogP contribution in [0.2, 0.25) is 0 Å². The van der Waals surface area contributed by atoms with Crippen LogP contribution in [0.1, 0.15) is 31.1 Å². The van der Waals surface area contributed by atoms with E-state index in [2.05, 4.69) is 18.7 Å². The van der Waals surface area contributed by atoms with Crippen LogP contribution in [-0.2, 0) is 0 Å². The van der Waals surface area contributed by atoms with Crippen LogP contribution in [0.25, 0.3) is 16.5 Å². The number of para-hydroxylation sites is 1. The highest BCUT2D eigenvalue weighted by molar-refractivity contribution is 5.84. The molecule has 1 heterocycles. The van der Waals surface area contributed by atoms with E-state index in [0.717, 1.165) is 27.7 Å². The third-order valence-electron chi connectivity index (χ3n) is 3.05. The second-order valence-electron chi connectivity index (χ2n) is 4.36. The largest absolute Gasteiger partial charge is 0.324 e. The predicted molar refractivity (Wildman–Crippen MR) is 78.2 cm³/mol. The summed E-state index contributed by atoms with van der Waals surface area (Å²) in [7, 11) is 0. The number of nitrogens with zero attached hydrogens (tertiary/aromatic N) is 1. The summed E-state index contributed by atoms with van der Waals surface area (Å²) in [6.45, 7) is 7.80. The molecule has 1 aromatic heterocycles. The number of hydrogen-bond acceptors (Lipinski definition) is 2. The molecule has 2 rings (SSSR count). The Labute approximate surface area is 108 Å². The number of rotatable bonds is 3. The summed E-state index contributed by atoms with van der Waals surface area (Å²) in [4.78, 5) is 4.72. The van der Waals surface area contributed by atoms with E-state index in [1.807, 2.05) is 44.2 Å². The molecule has 0 saturated heterocycles. The molecule has 1 atom stereocenters. The van der Waals surface area contributed by atoms with Crippen LogP contribution < -0.4 is 5.73 Å². The highest BCUT2D eigenvalue weighted by Crippen LogP contribution is 2.26. The fraction of sp³-hybridized carbons (Fsp3) is 0.188. The number of pyridine rings is 1. The van der Waals surface area contributed by atoms with E-state index in [0.29, 0.717) is 0 Å². The summed E-state index contributed by atoms with van der Waals surface area (Å²) in [5, 5.41) is 1.12. The minimum Gasteiger partial charge on any atom is -0.324 e. The highest BCUT2D eigenvalue weighted by atomic mass is 14.7. The Hall–Kier alpha value is -1.93. The molecule has 0 radical (unpaired) electrons. The number of benzene rings is 1. The molecule has 0 spiro atoms. The van der Waals surface area contributed by atoms with Gasteiger partial charge in [-0.15, -0.1) is 0 Å². The molecule has 92 valence electrons. The van der Waals surface area contributed by atoms with Crippen molar-refractivity contribution in [2.24, 2.45) is 5.73 Å². The van der Waals surface area contributed by atoms with Crippen molar-refractivity contribution in [3.8, 4) is 0 Å². The minimum atomic E-state index is -0.0491. The first-order valence-corrected chi connectivity index (χ1v) is 6.11. The van der Waals surface area contributed by atoms with Crippen molar-refractivity contribution in [1.29, 1.82) is 0 Å². The Morgan fingerprint density at radius 1 is 1.39 bits per heavy atom. The lowest BCUT2D eigenvalue weighted by atomic mass is 9.99. The molecule has 1 aromatic carbocycles. The summed E-state index contributed by atoms with van der Waals surface area (Å²) < 4.78 is 0. The standard InChI is InChI=1S/C16H18N2/c1-4-12(5-2)16-14(11(3)17)10-13-8-6-7-9-15(13)18-16/h4-11H,1,17H2,2-3H3/b12-5+. The van der Waals surface area contributed by atoms with Gasteiger partial charge in [0, 0.05) is 11.4 Å². The van der Waals surface area contributed by atoms with Crippen LogP contribution in [0, 0.1) is 0 Å². The van der Waals surface area contributed by atoms with Crippen LogP contribution >= 0.6 is 0 Å². The van der Waals surface area contributed by atoms with Crippen molar-refractivity contribution in [2.75, 3.05) is 0 Å². The average Bonchev–Trinajstić information content (AvgIpc) is 2.39. The average molecular weight is 238 g/mol. The van der Waals surface area contributed by atoms with Crippen LogP contribution in [0.5, 0.6) is 0 Å². The van der Waals surface area contributed by atoms with Crippen molar-refractivity contribution in [3.05, 3.63) is 60.3 Å². The Morgan fingerprint density at radius 2 is 2.11 bits per heavy atom. The summed E-state index contributed by atoms with van der Waals surface area (Å²) in [5.74, 6) is 0. The van der Waals surface area contributed by atoms with Gasteiger partial charge in [-0.25, -0.2) is 4.98 Å². The zero-order chi connectivity index (χ0) is 13.1. The number of hydrogen-bond donors (Lipinski definition) is 1. The van der Waals surface area contributed by atoms with E-state index in [1.54, 1.807) is 0 Å². The Balaban J connectivity index is 2.76. The molecule has 18 heavy (non-hydrogen) atoms. The summed E-state index contributed by atoms with van der Waals surface area (Å²) in [5.41, 5.74) is 10.0. The van der Waals surface area contributed by atoms with Gasteiger partial charge in [-0.3, -0.25) is 0 Å². The normalized spacial score (nSPS) is 13.6. The fourth-order valence-corrected chi connectivity index (χ4v) is 2.06. The maximum atomic E-state index is 6.05. The zero-order valence-corrected chi connectivity index (χ0v) is 10.9. The molecule has 0 saturated carbocycles. The number of fused-ring (bicyclic) bond motifs is 1. The number of aromatic nitrogens is 1. The van der Waals surface area contributed by atoms with Gasteiger partial charge in [-0.05, 0) is 37.1 Å². The van der Waals surface area contributed by atoms with Gasteiger partial charge in [0.15, 0.2) is 0 Å². The van der Waals surface area contributed by atoms with Gasteiger partial charge in [-0.2, -0.15) is 0 Å². The van der Waals surface area contributed by atoms with Gasteiger partial charge in [-0.1, -0.05) is 36.9 Å². The molecule has 2 heteroatoms. The molecule has 2 N–H and O–H groups in total. The van der Waals surface area contributed by atoms with Crippen molar-refractivity contribution in [3.63, 3.8) is 0 Å². The first-order valence-electron chi connectivity index (χ1n) is 6.11. The number of nitrogens with two attached hydrogens (primary N) is 1. The van der Waals surface area contributed by atoms with Gasteiger partial charge < -0.3 is 5.73 Å². The van der Waals surface area contributed by atoms with Crippen molar-refractivity contribution >= 4 is 16.5 Å². The first-order chi connectivity index (χ1) is 8.67. The molecule has 0 amide bonds. The summed E-state index contributed by atoms with van der Waals surface area (Å²) in [6, 6.07) is 10.1. The van der Waals surface area contributed by atoms with E-state index < -0.39 is 0 Å². The second kappa shape index (κ2) is 5.15. The van der Waals surface area contributed by atoms with E-state index in [1.165, 1.54) is 0 Å². The molecule has 0 aliphatic heterocycles. The van der Waals surface area contributed by atoms with Crippen LogP contribution in [0.15, 0.2) is 49.1 Å². The molecular formula is C16H18N2. The molecule has 1 unspecified atom stereocenters. The van der Waals surface area contributed by atoms with Gasteiger partial charge in [0.05, 0.1) is 11.2 Å². The minimum absolute atomic E-state index is 0.0491. The van der Waals surface area contributed by atoms with Crippen molar-refractivity contribution < 1.29 is 0 Å². The third-order valence-corrected chi connectivity index (χ3v) is 3.05. The molecular weight excluding hydrogens is 220 g/mol. The first kappa shape index (κ1) is 12.5. The van der Waals surface area contributed by atoms with Gasteiger partial charge >= 0.3 is 0 Å². The van der Waals surface area contributed by atoms with Gasteiger partial charge in [0.2, 0.25) is 0 Å². The quantitative estimate of drug-likeness (QED) is 0.825. The molecule has 0 aliphatic carbocycles. The van der Waals surface area contributed by atoms with Gasteiger partial charge in [0.1, 0.15) is 0 Å². The lowest BCUT2D eigenvalue weighted by Gasteiger charge is -2.14. The zero-order valence-electron chi connectivity index (χ0n) is 10.9. The fourth-order valence-electron chi connectivity index (χ4n) is 2.06. The molecule has 2 nitrogen and oxygen atoms in total. The van der Waals surface area contributed by atoms with E-state index >= 15 is 0 Å². The Morgan fingerprint density at radius 3 is 2.72 bits per heavy atom. The van der Waals surface area contributed by atoms with Crippen molar-refractivity contribution in [2.45, 2.75) is 19.9 Å². The molecule has 2 aromatic rings. The van der Waals surface area contributed by atoms with Crippen molar-refractivity contribution in [1.82, 2.24) is 4.98 Å². The third kappa shape index (κ3) is 2.20. The topological polar surface area (TPSA) is 38.9 Å². The molecule has 0 bridgehead atoms. The summed E-state index contributed by atoms with van der Waals surface area (Å²) in [6.07, 6.45) is 3.83. The molecule has 0 fully saturated rings. The Kier molecular flexibility index (Phi) is 3.58. The predicted octanol–water partition coefficient (Wildman–Crippen LogP) is 3.84. The highest BCUT2D eigenvalue weighted by Gasteiger charge is 2.12. The maximum absolute atomic E-state index is 6.05. The maximum Gasteiger partial charge on any atom is 0.0753 e. The SMILES string of the molecule is C=C/C(=C\C)c1nc2ccccc2cc1C(C)N. The monoisotopic (exact) mass is 238 g/mol. The lowest BCUT2D eigenvalue weighted by Crippen LogP contribution is -2.09. The Bertz CT molecular complexity index is 610. The second-order valence-corrected chi connectivity index (χ2v) is 4.36.